The van der Waals surface area contributed by atoms with E-state index in [0.29, 0.717) is 0 Å². The Balaban J connectivity index is 5.85. The fourth-order valence-corrected chi connectivity index (χ4v) is 1.02. The van der Waals surface area contributed by atoms with Crippen molar-refractivity contribution in [1.29, 1.82) is 0 Å². The zero-order valence-corrected chi connectivity index (χ0v) is 9.61. The van der Waals surface area contributed by atoms with Gasteiger partial charge in [-0.2, -0.15) is 48.3 Å². The minimum Gasteiger partial charge on any atom is -0.768 e. The van der Waals surface area contributed by atoms with Crippen LogP contribution in [0.2, 0.25) is 0 Å². The van der Waals surface area contributed by atoms with E-state index in [2.05, 4.69) is 0 Å². The van der Waals surface area contributed by atoms with Gasteiger partial charge in [-0.05, 0) is 0 Å². The summed E-state index contributed by atoms with van der Waals surface area (Å²) in [5, 5.41) is -6.74. The van der Waals surface area contributed by atoms with E-state index in [1.807, 2.05) is 4.74 Å². The summed E-state index contributed by atoms with van der Waals surface area (Å²) in [6.45, 7) is 0. The normalized spacial score (nSPS) is 15.6. The summed E-state index contributed by atoms with van der Waals surface area (Å²) in [5.74, 6) is -14.7. The summed E-state index contributed by atoms with van der Waals surface area (Å²) in [4.78, 5) is 0. The molecule has 0 saturated heterocycles. The molecule has 0 N–H and O–H groups in total. The largest absolute Gasteiger partial charge is 0.768 e. The molecular weight excluding hydrogens is 361 g/mol. The van der Waals surface area contributed by atoms with E-state index >= 15 is 0 Å². The molecule has 0 aromatic rings. The minimum atomic E-state index is -7.36. The second-order valence-electron chi connectivity index (χ2n) is 3.05. The first-order valence-electron chi connectivity index (χ1n) is 4.02. The first-order valence-corrected chi connectivity index (χ1v) is 5.10. The first-order chi connectivity index (χ1) is 9.02. The van der Waals surface area contributed by atoms with Crippen molar-refractivity contribution in [3.05, 3.63) is 12.1 Å². The fraction of sp³-hybridized carbons (Fsp3) is 0.667. The second-order valence-corrected chi connectivity index (χ2v) is 4.04. The van der Waals surface area contributed by atoms with Crippen LogP contribution in [0.1, 0.15) is 0 Å². The molecule has 0 radical (unpaired) electrons. The molecule has 0 fully saturated rings. The van der Waals surface area contributed by atoms with Gasteiger partial charge in [0.2, 0.25) is 0 Å². The Bertz CT molecular complexity index is 455. The molecule has 0 spiro atoms. The molecule has 3 nitrogen and oxygen atoms in total. The van der Waals surface area contributed by atoms with Crippen molar-refractivity contribution in [3.63, 3.8) is 0 Å². The van der Waals surface area contributed by atoms with E-state index in [-0.39, 0.29) is 0 Å². The third-order valence-electron chi connectivity index (χ3n) is 1.70. The van der Waals surface area contributed by atoms with Gasteiger partial charge < -0.3 is 9.29 Å². The number of halogens is 11. The lowest BCUT2D eigenvalue weighted by Gasteiger charge is -2.36. The van der Waals surface area contributed by atoms with Crippen LogP contribution in [0.5, 0.6) is 0 Å². The summed E-state index contributed by atoms with van der Waals surface area (Å²) in [6.07, 6.45) is -10.7. The van der Waals surface area contributed by atoms with Gasteiger partial charge in [-0.1, -0.05) is 0 Å². The molecule has 0 aliphatic rings. The van der Waals surface area contributed by atoms with Crippen LogP contribution < -0.4 is 0 Å². The molecule has 0 aromatic carbocycles. The maximum absolute atomic E-state index is 12.6. The monoisotopic (exact) mass is 361 g/mol. The zero-order chi connectivity index (χ0) is 17.4. The van der Waals surface area contributed by atoms with Gasteiger partial charge in [-0.15, -0.1) is 0 Å². The zero-order valence-electron chi connectivity index (χ0n) is 8.79. The molecule has 0 bridgehead atoms. The van der Waals surface area contributed by atoms with Crippen molar-refractivity contribution >= 4 is 11.1 Å². The number of hydrogen-bond acceptors (Lipinski definition) is 3. The predicted octanol–water partition coefficient (Wildman–Crippen LogP) is 3.37. The van der Waals surface area contributed by atoms with Gasteiger partial charge in [-0.25, -0.2) is 0 Å². The maximum Gasteiger partial charge on any atom is 0.473 e. The molecule has 0 saturated carbocycles. The Hall–Kier alpha value is -1.12. The summed E-state index contributed by atoms with van der Waals surface area (Å²) in [5.41, 5.74) is 0. The molecular formula is C6F11O3S-. The van der Waals surface area contributed by atoms with Crippen LogP contribution in [-0.4, -0.2) is 32.0 Å². The van der Waals surface area contributed by atoms with Crippen LogP contribution in [0.15, 0.2) is 12.1 Å². The highest BCUT2D eigenvalue weighted by Crippen LogP contribution is 2.54. The Labute approximate surface area is 109 Å². The smallest absolute Gasteiger partial charge is 0.473 e. The Kier molecular flexibility index (Phi) is 5.29. The van der Waals surface area contributed by atoms with Gasteiger partial charge in [0.15, 0.2) is 0 Å². The number of rotatable bonds is 6. The highest BCUT2D eigenvalue weighted by atomic mass is 32.2. The van der Waals surface area contributed by atoms with Crippen LogP contribution in [-0.2, 0) is 15.8 Å². The maximum atomic E-state index is 12.6. The number of alkyl halides is 8. The van der Waals surface area contributed by atoms with Crippen molar-refractivity contribution < 1.29 is 61.8 Å². The van der Waals surface area contributed by atoms with Crippen LogP contribution in [0.25, 0.3) is 0 Å². The van der Waals surface area contributed by atoms with Gasteiger partial charge in [0.25, 0.3) is 0 Å². The van der Waals surface area contributed by atoms with Gasteiger partial charge in [0, 0.05) is 11.1 Å². The lowest BCUT2D eigenvalue weighted by atomic mass is 10.1. The van der Waals surface area contributed by atoms with E-state index in [1.54, 1.807) is 0 Å². The summed E-state index contributed by atoms with van der Waals surface area (Å²) in [6, 6.07) is -3.75. The van der Waals surface area contributed by atoms with Crippen LogP contribution >= 0.6 is 0 Å². The molecule has 126 valence electrons. The van der Waals surface area contributed by atoms with Crippen molar-refractivity contribution in [2.24, 2.45) is 0 Å². The van der Waals surface area contributed by atoms with Gasteiger partial charge >= 0.3 is 35.3 Å². The first kappa shape index (κ1) is 19.9. The third kappa shape index (κ3) is 3.22. The van der Waals surface area contributed by atoms with Crippen molar-refractivity contribution in [2.75, 3.05) is 0 Å². The molecule has 0 aliphatic carbocycles. The van der Waals surface area contributed by atoms with Gasteiger partial charge in [0.1, 0.15) is 0 Å². The Morgan fingerprint density at radius 2 is 1.24 bits per heavy atom. The molecule has 0 amide bonds. The van der Waals surface area contributed by atoms with Crippen molar-refractivity contribution in [3.8, 4) is 0 Å². The van der Waals surface area contributed by atoms with Crippen LogP contribution in [0.3, 0.4) is 0 Å². The summed E-state index contributed by atoms with van der Waals surface area (Å²) < 4.78 is 156. The quantitative estimate of drug-likeness (QED) is 0.414. The Morgan fingerprint density at radius 1 is 0.857 bits per heavy atom. The SMILES string of the molecule is O=S([O-])C(F)(F)C(F)(F)C(F)(F)C(F)(F)OC(F)=C(F)F. The molecule has 15 heteroatoms. The van der Waals surface area contributed by atoms with E-state index < -0.39 is 46.4 Å². The summed E-state index contributed by atoms with van der Waals surface area (Å²) in [7, 11) is 0. The lowest BCUT2D eigenvalue weighted by molar-refractivity contribution is -0.413. The average Bonchev–Trinajstić information content (AvgIpc) is 2.26. The number of hydrogen-bond donors (Lipinski definition) is 0. The molecule has 0 heterocycles. The highest BCUT2D eigenvalue weighted by Gasteiger charge is 2.83. The second kappa shape index (κ2) is 5.58. The predicted molar refractivity (Wildman–Crippen MR) is 40.1 cm³/mol. The van der Waals surface area contributed by atoms with E-state index in [0.717, 1.165) is 0 Å². The lowest BCUT2D eigenvalue weighted by Crippen LogP contribution is -2.63. The average molecular weight is 361 g/mol. The van der Waals surface area contributed by atoms with E-state index in [9.17, 15) is 57.1 Å². The van der Waals surface area contributed by atoms with Crippen LogP contribution in [0.4, 0.5) is 48.3 Å². The summed E-state index contributed by atoms with van der Waals surface area (Å²) >= 11 is -5.30. The molecule has 1 unspecified atom stereocenters. The molecule has 21 heavy (non-hydrogen) atoms. The molecule has 0 aromatic heterocycles. The topological polar surface area (TPSA) is 49.4 Å². The van der Waals surface area contributed by atoms with Crippen molar-refractivity contribution in [2.45, 2.75) is 23.2 Å². The van der Waals surface area contributed by atoms with Gasteiger partial charge in [0.05, 0.1) is 0 Å². The highest BCUT2D eigenvalue weighted by molar-refractivity contribution is 7.80. The molecule has 1 atom stereocenters. The van der Waals surface area contributed by atoms with Gasteiger partial charge in [-0.3, -0.25) is 4.21 Å². The van der Waals surface area contributed by atoms with Crippen molar-refractivity contribution in [1.82, 2.24) is 0 Å². The molecule has 0 aliphatic heterocycles. The number of ether oxygens (including phenoxy) is 1. The van der Waals surface area contributed by atoms with Crippen LogP contribution in [0, 0.1) is 0 Å². The van der Waals surface area contributed by atoms with E-state index in [1.165, 1.54) is 0 Å². The minimum absolute atomic E-state index is 1.89. The van der Waals surface area contributed by atoms with E-state index in [4.69, 9.17) is 0 Å². The molecule has 0 rings (SSSR count). The standard InChI is InChI=1S/C6HF11O3S/c7-1(8)2(9)20-5(14,15)3(10,11)4(12,13)6(16,17)21(18)19/h(H,18,19)/p-1. The Morgan fingerprint density at radius 3 is 1.52 bits per heavy atom. The third-order valence-corrected chi connectivity index (χ3v) is 2.38. The fourth-order valence-electron chi connectivity index (χ4n) is 0.685.